The van der Waals surface area contributed by atoms with Gasteiger partial charge < -0.3 is 29.2 Å². The lowest BCUT2D eigenvalue weighted by molar-refractivity contribution is -0.136. The van der Waals surface area contributed by atoms with Crippen LogP contribution in [0.1, 0.15) is 15.9 Å². The Kier molecular flexibility index (Phi) is 5.13. The Bertz CT molecular complexity index is 1100. The fourth-order valence-corrected chi connectivity index (χ4v) is 2.94. The first-order chi connectivity index (χ1) is 14.5. The van der Waals surface area contributed by atoms with Gasteiger partial charge >= 0.3 is 11.9 Å². The van der Waals surface area contributed by atoms with E-state index in [0.717, 1.165) is 0 Å². The van der Waals surface area contributed by atoms with Gasteiger partial charge in [-0.15, -0.1) is 0 Å². The second-order valence-electron chi connectivity index (χ2n) is 6.37. The number of fused-ring (bicyclic) bond motifs is 1. The molecule has 1 aliphatic rings. The third-order valence-corrected chi connectivity index (χ3v) is 4.28. The molecule has 0 aliphatic carbocycles. The van der Waals surface area contributed by atoms with Gasteiger partial charge in [-0.05, 0) is 42.0 Å². The van der Waals surface area contributed by atoms with Gasteiger partial charge in [-0.3, -0.25) is 4.79 Å². The minimum atomic E-state index is -1.22. The predicted molar refractivity (Wildman–Crippen MR) is 104 cm³/mol. The number of hydrogen-bond acceptors (Lipinski definition) is 6. The lowest BCUT2D eigenvalue weighted by atomic mass is 10.1. The molecule has 0 amide bonds. The van der Waals surface area contributed by atoms with Gasteiger partial charge in [0, 0.05) is 6.07 Å². The summed E-state index contributed by atoms with van der Waals surface area (Å²) in [6, 6.07) is 16.0. The number of ether oxygens (including phenoxy) is 4. The highest BCUT2D eigenvalue weighted by Gasteiger charge is 2.21. The van der Waals surface area contributed by atoms with E-state index in [1.807, 2.05) is 0 Å². The molecule has 0 radical (unpaired) electrons. The van der Waals surface area contributed by atoms with Gasteiger partial charge in [0.05, 0.1) is 6.42 Å². The minimum Gasteiger partial charge on any atom is -0.481 e. The molecule has 8 nitrogen and oxygen atoms in total. The highest BCUT2D eigenvalue weighted by atomic mass is 16.7. The number of hydrogen-bond donors (Lipinski definition) is 2. The molecular weight excluding hydrogens is 392 g/mol. The number of aromatic carboxylic acids is 1. The molecule has 1 heterocycles. The quantitative estimate of drug-likeness (QED) is 0.594. The summed E-state index contributed by atoms with van der Waals surface area (Å²) in [6.07, 6.45) is -0.112. The largest absolute Gasteiger partial charge is 0.481 e. The molecule has 30 heavy (non-hydrogen) atoms. The summed E-state index contributed by atoms with van der Waals surface area (Å²) in [6.45, 7) is 0.119. The van der Waals surface area contributed by atoms with E-state index >= 15 is 0 Å². The second kappa shape index (κ2) is 8.04. The van der Waals surface area contributed by atoms with Gasteiger partial charge in [-0.1, -0.05) is 18.2 Å². The van der Waals surface area contributed by atoms with Crippen molar-refractivity contribution in [3.63, 3.8) is 0 Å². The summed E-state index contributed by atoms with van der Waals surface area (Å²) < 4.78 is 22.1. The Morgan fingerprint density at radius 3 is 2.13 bits per heavy atom. The summed E-state index contributed by atoms with van der Waals surface area (Å²) in [4.78, 5) is 22.7. The van der Waals surface area contributed by atoms with Crippen molar-refractivity contribution >= 4 is 11.9 Å². The zero-order valence-electron chi connectivity index (χ0n) is 15.5. The van der Waals surface area contributed by atoms with E-state index in [-0.39, 0.29) is 30.3 Å². The van der Waals surface area contributed by atoms with Crippen LogP contribution in [0.3, 0.4) is 0 Å². The Balaban J connectivity index is 1.60. The molecule has 0 unspecified atom stereocenters. The summed E-state index contributed by atoms with van der Waals surface area (Å²) in [5.74, 6) is -0.117. The number of aliphatic carboxylic acids is 1. The zero-order chi connectivity index (χ0) is 21.1. The highest BCUT2D eigenvalue weighted by molar-refractivity contribution is 5.94. The molecule has 3 aromatic rings. The Morgan fingerprint density at radius 1 is 0.833 bits per heavy atom. The maximum atomic E-state index is 11.9. The maximum Gasteiger partial charge on any atom is 0.343 e. The van der Waals surface area contributed by atoms with Crippen molar-refractivity contribution in [3.8, 4) is 34.5 Å². The molecule has 152 valence electrons. The van der Waals surface area contributed by atoms with Gasteiger partial charge in [-0.25, -0.2) is 4.79 Å². The molecule has 0 fully saturated rings. The zero-order valence-corrected chi connectivity index (χ0v) is 15.5. The average Bonchev–Trinajstić information content (AvgIpc) is 3.17. The third kappa shape index (κ3) is 4.12. The van der Waals surface area contributed by atoms with Gasteiger partial charge in [0.15, 0.2) is 11.5 Å². The summed E-state index contributed by atoms with van der Waals surface area (Å²) in [7, 11) is 0. The van der Waals surface area contributed by atoms with Crippen LogP contribution in [0.2, 0.25) is 0 Å². The van der Waals surface area contributed by atoms with E-state index in [2.05, 4.69) is 0 Å². The van der Waals surface area contributed by atoms with Crippen LogP contribution in [-0.2, 0) is 11.2 Å². The standard InChI is InChI=1S/C22H16O8/c23-20(24)10-13-4-6-14(7-5-13)29-17-2-1-3-18(21(17)22(25)26)30-15-8-9-16-19(11-15)28-12-27-16/h1-9,11H,10,12H2,(H,23,24)(H,25,26). The van der Waals surface area contributed by atoms with Crippen molar-refractivity contribution in [2.45, 2.75) is 6.42 Å². The fourth-order valence-electron chi connectivity index (χ4n) is 2.94. The molecule has 4 rings (SSSR count). The second-order valence-corrected chi connectivity index (χ2v) is 6.37. The van der Waals surface area contributed by atoms with Crippen LogP contribution in [0.25, 0.3) is 0 Å². The Labute approximate surface area is 170 Å². The number of carboxylic acid groups (broad SMARTS) is 2. The molecule has 1 aliphatic heterocycles. The normalized spacial score (nSPS) is 11.7. The number of rotatable bonds is 7. The van der Waals surface area contributed by atoms with Crippen molar-refractivity contribution in [2.75, 3.05) is 6.79 Å². The van der Waals surface area contributed by atoms with Crippen LogP contribution in [0.4, 0.5) is 0 Å². The molecule has 0 spiro atoms. The molecule has 3 aromatic carbocycles. The van der Waals surface area contributed by atoms with E-state index in [1.54, 1.807) is 48.5 Å². The third-order valence-electron chi connectivity index (χ3n) is 4.28. The Morgan fingerprint density at radius 2 is 1.47 bits per heavy atom. The molecule has 0 atom stereocenters. The van der Waals surface area contributed by atoms with Crippen LogP contribution in [0, 0.1) is 0 Å². The lowest BCUT2D eigenvalue weighted by Gasteiger charge is -2.14. The van der Waals surface area contributed by atoms with Crippen molar-refractivity contribution in [2.24, 2.45) is 0 Å². The van der Waals surface area contributed by atoms with E-state index in [0.29, 0.717) is 28.6 Å². The maximum absolute atomic E-state index is 11.9. The van der Waals surface area contributed by atoms with E-state index < -0.39 is 11.9 Å². The lowest BCUT2D eigenvalue weighted by Crippen LogP contribution is -2.03. The van der Waals surface area contributed by atoms with Crippen LogP contribution >= 0.6 is 0 Å². The van der Waals surface area contributed by atoms with Crippen molar-refractivity contribution < 1.29 is 38.7 Å². The van der Waals surface area contributed by atoms with Crippen LogP contribution in [0.15, 0.2) is 60.7 Å². The molecule has 0 saturated carbocycles. The first-order valence-corrected chi connectivity index (χ1v) is 8.92. The summed E-state index contributed by atoms with van der Waals surface area (Å²) >= 11 is 0. The van der Waals surface area contributed by atoms with E-state index in [9.17, 15) is 14.7 Å². The number of carbonyl (C=O) groups is 2. The van der Waals surface area contributed by atoms with E-state index in [4.69, 9.17) is 24.1 Å². The molecule has 0 bridgehead atoms. The summed E-state index contributed by atoms with van der Waals surface area (Å²) in [5.41, 5.74) is 0.456. The summed E-state index contributed by atoms with van der Waals surface area (Å²) in [5, 5.41) is 18.6. The smallest absolute Gasteiger partial charge is 0.343 e. The minimum absolute atomic E-state index is 0.0896. The van der Waals surface area contributed by atoms with Gasteiger partial charge in [-0.2, -0.15) is 0 Å². The van der Waals surface area contributed by atoms with Crippen LogP contribution in [0.5, 0.6) is 34.5 Å². The van der Waals surface area contributed by atoms with Gasteiger partial charge in [0.2, 0.25) is 6.79 Å². The molecule has 0 saturated heterocycles. The van der Waals surface area contributed by atoms with Crippen LogP contribution in [-0.4, -0.2) is 28.9 Å². The first kappa shape index (κ1) is 19.1. The molecule has 0 aromatic heterocycles. The predicted octanol–water partition coefficient (Wildman–Crippen LogP) is 4.33. The molecule has 2 N–H and O–H groups in total. The monoisotopic (exact) mass is 408 g/mol. The highest BCUT2D eigenvalue weighted by Crippen LogP contribution is 2.39. The number of benzene rings is 3. The topological polar surface area (TPSA) is 112 Å². The van der Waals surface area contributed by atoms with Crippen molar-refractivity contribution in [1.29, 1.82) is 0 Å². The van der Waals surface area contributed by atoms with Gasteiger partial charge in [0.25, 0.3) is 0 Å². The fraction of sp³-hybridized carbons (Fsp3) is 0.0909. The average molecular weight is 408 g/mol. The van der Waals surface area contributed by atoms with Gasteiger partial charge in [0.1, 0.15) is 28.6 Å². The first-order valence-electron chi connectivity index (χ1n) is 8.92. The molecular formula is C22H16O8. The van der Waals surface area contributed by atoms with E-state index in [1.165, 1.54) is 12.1 Å². The number of carboxylic acids is 2. The van der Waals surface area contributed by atoms with Crippen molar-refractivity contribution in [1.82, 2.24) is 0 Å². The Hall–Kier alpha value is -4.20. The SMILES string of the molecule is O=C(O)Cc1ccc(Oc2cccc(Oc3ccc4c(c3)OCO4)c2C(=O)O)cc1. The van der Waals surface area contributed by atoms with Crippen LogP contribution < -0.4 is 18.9 Å². The van der Waals surface area contributed by atoms with Crippen molar-refractivity contribution in [3.05, 3.63) is 71.8 Å². The molecule has 8 heteroatoms.